The highest BCUT2D eigenvalue weighted by Gasteiger charge is 2.06. The van der Waals surface area contributed by atoms with E-state index in [9.17, 15) is 0 Å². The maximum atomic E-state index is 5.20. The molecule has 0 amide bonds. The van der Waals surface area contributed by atoms with Gasteiger partial charge in [-0.05, 0) is 19.9 Å². The molecule has 1 rings (SSSR count). The molecule has 1 aromatic rings. The Kier molecular flexibility index (Phi) is 6.52. The summed E-state index contributed by atoms with van der Waals surface area (Å²) in [6.07, 6.45) is 3.26. The average Bonchev–Trinajstić information content (AvgIpc) is 2.74. The Morgan fingerprint density at radius 3 is 2.62 bits per heavy atom. The van der Waals surface area contributed by atoms with Crippen molar-refractivity contribution in [3.8, 4) is 0 Å². The summed E-state index contributed by atoms with van der Waals surface area (Å²) in [4.78, 5) is 0. The molecule has 0 spiro atoms. The first-order chi connectivity index (χ1) is 7.76. The number of aryl methyl sites for hydroxylation is 1. The lowest BCUT2D eigenvalue weighted by molar-refractivity contribution is 0.111. The fourth-order valence-electron chi connectivity index (χ4n) is 1.31. The standard InChI is InChI=1S/C11H21N3OS/c1-4-12-8-7-11-14-13-10(16-11)6-5-9(2)15-3/h9,12H,4-8H2,1-3H3. The molecule has 0 aromatic carbocycles. The van der Waals surface area contributed by atoms with Gasteiger partial charge < -0.3 is 10.1 Å². The van der Waals surface area contributed by atoms with Crippen molar-refractivity contribution in [3.05, 3.63) is 10.0 Å². The van der Waals surface area contributed by atoms with E-state index in [1.807, 2.05) is 0 Å². The minimum absolute atomic E-state index is 0.300. The second-order valence-corrected chi connectivity index (χ2v) is 4.92. The summed E-state index contributed by atoms with van der Waals surface area (Å²) < 4.78 is 5.20. The highest BCUT2D eigenvalue weighted by molar-refractivity contribution is 7.11. The molecular weight excluding hydrogens is 222 g/mol. The lowest BCUT2D eigenvalue weighted by Crippen LogP contribution is -2.15. The molecule has 0 aliphatic heterocycles. The smallest absolute Gasteiger partial charge is 0.118 e. The number of likely N-dealkylation sites (N-methyl/N-ethyl adjacent to an activating group) is 1. The van der Waals surface area contributed by atoms with Gasteiger partial charge in [-0.15, -0.1) is 21.5 Å². The van der Waals surface area contributed by atoms with E-state index >= 15 is 0 Å². The van der Waals surface area contributed by atoms with Gasteiger partial charge in [-0.25, -0.2) is 0 Å². The molecular formula is C11H21N3OS. The van der Waals surface area contributed by atoms with Crippen molar-refractivity contribution in [2.45, 2.75) is 39.2 Å². The van der Waals surface area contributed by atoms with Crippen LogP contribution < -0.4 is 5.32 Å². The first kappa shape index (κ1) is 13.5. The van der Waals surface area contributed by atoms with Gasteiger partial charge >= 0.3 is 0 Å². The lowest BCUT2D eigenvalue weighted by atomic mass is 10.2. The van der Waals surface area contributed by atoms with Gasteiger partial charge in [0.05, 0.1) is 6.10 Å². The summed E-state index contributed by atoms with van der Waals surface area (Å²) in [6.45, 7) is 6.18. The third kappa shape index (κ3) is 5.01. The molecule has 1 unspecified atom stereocenters. The predicted molar refractivity (Wildman–Crippen MR) is 66.9 cm³/mol. The number of rotatable bonds is 8. The van der Waals surface area contributed by atoms with Crippen LogP contribution in [-0.4, -0.2) is 36.5 Å². The summed E-state index contributed by atoms with van der Waals surface area (Å²) in [5.74, 6) is 0. The fourth-order valence-corrected chi connectivity index (χ4v) is 2.17. The Labute approximate surface area is 101 Å². The Morgan fingerprint density at radius 2 is 2.00 bits per heavy atom. The molecule has 1 heterocycles. The van der Waals surface area contributed by atoms with Crippen LogP contribution in [0.15, 0.2) is 0 Å². The van der Waals surface area contributed by atoms with Crippen molar-refractivity contribution in [3.63, 3.8) is 0 Å². The van der Waals surface area contributed by atoms with Crippen molar-refractivity contribution >= 4 is 11.3 Å². The van der Waals surface area contributed by atoms with Crippen molar-refractivity contribution in [1.29, 1.82) is 0 Å². The number of ether oxygens (including phenoxy) is 1. The maximum Gasteiger partial charge on any atom is 0.118 e. The van der Waals surface area contributed by atoms with Gasteiger partial charge in [0, 0.05) is 26.5 Å². The normalized spacial score (nSPS) is 12.9. The zero-order chi connectivity index (χ0) is 11.8. The van der Waals surface area contributed by atoms with Crippen LogP contribution in [0.4, 0.5) is 0 Å². The first-order valence-electron chi connectivity index (χ1n) is 5.81. The van der Waals surface area contributed by atoms with Crippen molar-refractivity contribution in [2.24, 2.45) is 0 Å². The van der Waals surface area contributed by atoms with Gasteiger partial charge in [0.2, 0.25) is 0 Å². The summed E-state index contributed by atoms with van der Waals surface area (Å²) in [6, 6.07) is 0. The highest BCUT2D eigenvalue weighted by Crippen LogP contribution is 2.13. The van der Waals surface area contributed by atoms with Gasteiger partial charge in [0.15, 0.2) is 0 Å². The maximum absolute atomic E-state index is 5.20. The quantitative estimate of drug-likeness (QED) is 0.705. The third-order valence-electron chi connectivity index (χ3n) is 2.44. The van der Waals surface area contributed by atoms with Crippen LogP contribution in [0.3, 0.4) is 0 Å². The summed E-state index contributed by atoms with van der Waals surface area (Å²) >= 11 is 1.72. The Balaban J connectivity index is 2.28. The molecule has 0 aliphatic rings. The van der Waals surface area contributed by atoms with Crippen molar-refractivity contribution < 1.29 is 4.74 Å². The molecule has 1 atom stereocenters. The molecule has 4 nitrogen and oxygen atoms in total. The van der Waals surface area contributed by atoms with Crippen LogP contribution in [0.5, 0.6) is 0 Å². The lowest BCUT2D eigenvalue weighted by Gasteiger charge is -2.06. The zero-order valence-electron chi connectivity index (χ0n) is 10.3. The molecule has 0 saturated heterocycles. The Morgan fingerprint density at radius 1 is 1.31 bits per heavy atom. The second kappa shape index (κ2) is 7.70. The van der Waals surface area contributed by atoms with Gasteiger partial charge in [0.1, 0.15) is 10.0 Å². The Bertz CT molecular complexity index is 291. The van der Waals surface area contributed by atoms with E-state index in [4.69, 9.17) is 4.74 Å². The number of hydrogen-bond acceptors (Lipinski definition) is 5. The van der Waals surface area contributed by atoms with Crippen molar-refractivity contribution in [2.75, 3.05) is 20.2 Å². The summed E-state index contributed by atoms with van der Waals surface area (Å²) in [7, 11) is 1.74. The fraction of sp³-hybridized carbons (Fsp3) is 0.818. The number of hydrogen-bond donors (Lipinski definition) is 1. The molecule has 16 heavy (non-hydrogen) atoms. The van der Waals surface area contributed by atoms with Crippen LogP contribution in [0, 0.1) is 0 Å². The van der Waals surface area contributed by atoms with Crippen LogP contribution in [-0.2, 0) is 17.6 Å². The van der Waals surface area contributed by atoms with Crippen molar-refractivity contribution in [1.82, 2.24) is 15.5 Å². The van der Waals surface area contributed by atoms with E-state index in [1.165, 1.54) is 0 Å². The van der Waals surface area contributed by atoms with E-state index < -0.39 is 0 Å². The largest absolute Gasteiger partial charge is 0.382 e. The van der Waals surface area contributed by atoms with Crippen LogP contribution in [0.25, 0.3) is 0 Å². The van der Waals surface area contributed by atoms with Crippen LogP contribution >= 0.6 is 11.3 Å². The highest BCUT2D eigenvalue weighted by atomic mass is 32.1. The number of methoxy groups -OCH3 is 1. The van der Waals surface area contributed by atoms with E-state index in [-0.39, 0.29) is 0 Å². The molecule has 1 aromatic heterocycles. The predicted octanol–water partition coefficient (Wildman–Crippen LogP) is 1.66. The van der Waals surface area contributed by atoms with Gasteiger partial charge in [0.25, 0.3) is 0 Å². The molecule has 5 heteroatoms. The number of aromatic nitrogens is 2. The van der Waals surface area contributed by atoms with Gasteiger partial charge in [-0.3, -0.25) is 0 Å². The molecule has 0 fully saturated rings. The van der Waals surface area contributed by atoms with E-state index in [0.717, 1.165) is 42.4 Å². The van der Waals surface area contributed by atoms with Crippen LogP contribution in [0.2, 0.25) is 0 Å². The first-order valence-corrected chi connectivity index (χ1v) is 6.62. The topological polar surface area (TPSA) is 47.0 Å². The summed E-state index contributed by atoms with van der Waals surface area (Å²) in [5.41, 5.74) is 0. The van der Waals surface area contributed by atoms with E-state index in [1.54, 1.807) is 18.4 Å². The molecule has 0 aliphatic carbocycles. The minimum Gasteiger partial charge on any atom is -0.382 e. The van der Waals surface area contributed by atoms with E-state index in [2.05, 4.69) is 29.4 Å². The molecule has 0 radical (unpaired) electrons. The van der Waals surface area contributed by atoms with Crippen LogP contribution in [0.1, 0.15) is 30.3 Å². The van der Waals surface area contributed by atoms with Gasteiger partial charge in [-0.2, -0.15) is 0 Å². The molecule has 92 valence electrons. The molecule has 0 saturated carbocycles. The van der Waals surface area contributed by atoms with Gasteiger partial charge in [-0.1, -0.05) is 6.92 Å². The number of nitrogens with zero attached hydrogens (tertiary/aromatic N) is 2. The zero-order valence-corrected chi connectivity index (χ0v) is 11.1. The molecule has 0 bridgehead atoms. The second-order valence-electron chi connectivity index (χ2n) is 3.78. The monoisotopic (exact) mass is 243 g/mol. The summed E-state index contributed by atoms with van der Waals surface area (Å²) in [5, 5.41) is 13.9. The minimum atomic E-state index is 0.300. The molecule has 1 N–H and O–H groups in total. The Hall–Kier alpha value is -0.520. The third-order valence-corrected chi connectivity index (χ3v) is 3.48. The average molecular weight is 243 g/mol. The number of nitrogens with one attached hydrogen (secondary N) is 1. The SMILES string of the molecule is CCNCCc1nnc(CCC(C)OC)s1. The van der Waals surface area contributed by atoms with E-state index in [0.29, 0.717) is 6.10 Å².